The normalized spacial score (nSPS) is 12.5. The van der Waals surface area contributed by atoms with E-state index in [1.807, 2.05) is 0 Å². The minimum Gasteiger partial charge on any atom is -0.387 e. The molecule has 1 aromatic carbocycles. The van der Waals surface area contributed by atoms with E-state index in [2.05, 4.69) is 15.6 Å². The highest BCUT2D eigenvalue weighted by Crippen LogP contribution is 2.30. The number of aliphatic hydroxyl groups excluding tert-OH is 1. The van der Waals surface area contributed by atoms with E-state index in [1.165, 1.54) is 18.3 Å². The second-order valence-electron chi connectivity index (χ2n) is 4.69. The second kappa shape index (κ2) is 7.10. The molecule has 2 amide bonds. The number of alkyl halides is 3. The smallest absolute Gasteiger partial charge is 0.387 e. The molecular weight excluding hydrogens is 311 g/mol. The predicted molar refractivity (Wildman–Crippen MR) is 77.7 cm³/mol. The second-order valence-corrected chi connectivity index (χ2v) is 4.69. The van der Waals surface area contributed by atoms with E-state index in [-0.39, 0.29) is 12.1 Å². The van der Waals surface area contributed by atoms with Gasteiger partial charge in [-0.25, -0.2) is 9.78 Å². The number of nitrogens with one attached hydrogen (secondary N) is 2. The van der Waals surface area contributed by atoms with Crippen LogP contribution in [0.15, 0.2) is 48.7 Å². The average molecular weight is 325 g/mol. The van der Waals surface area contributed by atoms with Gasteiger partial charge in [-0.1, -0.05) is 18.2 Å². The van der Waals surface area contributed by atoms with E-state index in [4.69, 9.17) is 0 Å². The third kappa shape index (κ3) is 4.96. The topological polar surface area (TPSA) is 74.2 Å². The number of benzene rings is 1. The van der Waals surface area contributed by atoms with Crippen LogP contribution >= 0.6 is 0 Å². The summed E-state index contributed by atoms with van der Waals surface area (Å²) in [4.78, 5) is 15.5. The SMILES string of the molecule is O=C(NC[C@H](O)c1cccc(C(F)(F)F)c1)Nc1ccccn1. The molecule has 122 valence electrons. The monoisotopic (exact) mass is 325 g/mol. The summed E-state index contributed by atoms with van der Waals surface area (Å²) < 4.78 is 37.9. The van der Waals surface area contributed by atoms with Crippen molar-refractivity contribution in [1.82, 2.24) is 10.3 Å². The first-order valence-corrected chi connectivity index (χ1v) is 6.67. The van der Waals surface area contributed by atoms with E-state index in [0.717, 1.165) is 12.1 Å². The maximum atomic E-state index is 12.6. The largest absolute Gasteiger partial charge is 0.416 e. The van der Waals surface area contributed by atoms with Crippen LogP contribution in [0.2, 0.25) is 0 Å². The number of hydrogen-bond donors (Lipinski definition) is 3. The summed E-state index contributed by atoms with van der Waals surface area (Å²) in [5.41, 5.74) is -0.787. The van der Waals surface area contributed by atoms with Gasteiger partial charge in [0.15, 0.2) is 0 Å². The zero-order valence-electron chi connectivity index (χ0n) is 11.8. The summed E-state index contributed by atoms with van der Waals surface area (Å²) in [5, 5.41) is 14.7. The number of anilines is 1. The Balaban J connectivity index is 1.92. The van der Waals surface area contributed by atoms with Crippen molar-refractivity contribution in [2.24, 2.45) is 0 Å². The van der Waals surface area contributed by atoms with Crippen LogP contribution in [0.3, 0.4) is 0 Å². The lowest BCUT2D eigenvalue weighted by atomic mass is 10.1. The lowest BCUT2D eigenvalue weighted by Gasteiger charge is -2.14. The van der Waals surface area contributed by atoms with E-state index >= 15 is 0 Å². The summed E-state index contributed by atoms with van der Waals surface area (Å²) >= 11 is 0. The highest BCUT2D eigenvalue weighted by molar-refractivity contribution is 5.88. The summed E-state index contributed by atoms with van der Waals surface area (Å²) in [6.07, 6.45) is -4.25. The molecule has 0 radical (unpaired) electrons. The average Bonchev–Trinajstić information content (AvgIpc) is 2.53. The number of rotatable bonds is 4. The molecule has 0 aliphatic rings. The Labute approximate surface area is 130 Å². The van der Waals surface area contributed by atoms with Gasteiger partial charge in [0, 0.05) is 12.7 Å². The Morgan fingerprint density at radius 2 is 2.00 bits per heavy atom. The molecule has 1 aromatic heterocycles. The number of pyridine rings is 1. The molecule has 3 N–H and O–H groups in total. The van der Waals surface area contributed by atoms with Gasteiger partial charge in [0.2, 0.25) is 0 Å². The van der Waals surface area contributed by atoms with Gasteiger partial charge in [0.1, 0.15) is 5.82 Å². The molecule has 0 spiro atoms. The van der Waals surface area contributed by atoms with Crippen LogP contribution < -0.4 is 10.6 Å². The van der Waals surface area contributed by atoms with Gasteiger partial charge in [0.25, 0.3) is 0 Å². The van der Waals surface area contributed by atoms with Crippen molar-refractivity contribution < 1.29 is 23.1 Å². The van der Waals surface area contributed by atoms with Crippen LogP contribution in [0.5, 0.6) is 0 Å². The van der Waals surface area contributed by atoms with E-state index in [9.17, 15) is 23.1 Å². The first-order valence-electron chi connectivity index (χ1n) is 6.67. The maximum Gasteiger partial charge on any atom is 0.416 e. The van der Waals surface area contributed by atoms with Crippen molar-refractivity contribution in [2.45, 2.75) is 12.3 Å². The number of carbonyl (C=O) groups is 1. The van der Waals surface area contributed by atoms with Crippen LogP contribution in [0.4, 0.5) is 23.8 Å². The van der Waals surface area contributed by atoms with Crippen molar-refractivity contribution in [3.63, 3.8) is 0 Å². The Morgan fingerprint density at radius 1 is 1.22 bits per heavy atom. The Bertz CT molecular complexity index is 663. The molecule has 1 atom stereocenters. The molecule has 0 fully saturated rings. The number of aromatic nitrogens is 1. The highest BCUT2D eigenvalue weighted by Gasteiger charge is 2.30. The van der Waals surface area contributed by atoms with Crippen LogP contribution in [0.25, 0.3) is 0 Å². The molecule has 5 nitrogen and oxygen atoms in total. The summed E-state index contributed by atoms with van der Waals surface area (Å²) in [5.74, 6) is 0.318. The molecule has 23 heavy (non-hydrogen) atoms. The first-order chi connectivity index (χ1) is 10.9. The lowest BCUT2D eigenvalue weighted by Crippen LogP contribution is -2.32. The molecule has 0 bridgehead atoms. The van der Waals surface area contributed by atoms with Crippen LogP contribution in [0.1, 0.15) is 17.2 Å². The fourth-order valence-corrected chi connectivity index (χ4v) is 1.83. The van der Waals surface area contributed by atoms with Crippen LogP contribution in [0, 0.1) is 0 Å². The highest BCUT2D eigenvalue weighted by atomic mass is 19.4. The fourth-order valence-electron chi connectivity index (χ4n) is 1.83. The zero-order valence-corrected chi connectivity index (χ0v) is 11.8. The zero-order chi connectivity index (χ0) is 16.9. The van der Waals surface area contributed by atoms with E-state index in [1.54, 1.807) is 18.2 Å². The Morgan fingerprint density at radius 3 is 2.65 bits per heavy atom. The van der Waals surface area contributed by atoms with Gasteiger partial charge in [-0.2, -0.15) is 13.2 Å². The lowest BCUT2D eigenvalue weighted by molar-refractivity contribution is -0.137. The molecule has 0 aliphatic heterocycles. The van der Waals surface area contributed by atoms with Gasteiger partial charge in [-0.3, -0.25) is 5.32 Å². The standard InChI is InChI=1S/C15H14F3N3O2/c16-15(17,18)11-5-3-4-10(8-11)12(22)9-20-14(23)21-13-6-1-2-7-19-13/h1-8,12,22H,9H2,(H2,19,20,21,23)/t12-/m0/s1. The van der Waals surface area contributed by atoms with Crippen molar-refractivity contribution in [2.75, 3.05) is 11.9 Å². The molecule has 0 saturated heterocycles. The molecular formula is C15H14F3N3O2. The third-order valence-electron chi connectivity index (χ3n) is 2.96. The third-order valence-corrected chi connectivity index (χ3v) is 2.96. The van der Waals surface area contributed by atoms with Gasteiger partial charge >= 0.3 is 12.2 Å². The van der Waals surface area contributed by atoms with Crippen molar-refractivity contribution in [3.05, 3.63) is 59.8 Å². The number of urea groups is 1. The number of amides is 2. The van der Waals surface area contributed by atoms with E-state index in [0.29, 0.717) is 5.82 Å². The number of aliphatic hydroxyl groups is 1. The van der Waals surface area contributed by atoms with Gasteiger partial charge in [0.05, 0.1) is 11.7 Å². The van der Waals surface area contributed by atoms with Gasteiger partial charge in [-0.05, 0) is 29.8 Å². The van der Waals surface area contributed by atoms with Gasteiger partial charge < -0.3 is 10.4 Å². The molecule has 2 aromatic rings. The quantitative estimate of drug-likeness (QED) is 0.809. The van der Waals surface area contributed by atoms with Crippen molar-refractivity contribution in [3.8, 4) is 0 Å². The van der Waals surface area contributed by atoms with E-state index < -0.39 is 23.9 Å². The number of nitrogens with zero attached hydrogens (tertiary/aromatic N) is 1. The molecule has 1 heterocycles. The minimum absolute atomic E-state index is 0.0676. The predicted octanol–water partition coefficient (Wildman–Crippen LogP) is 2.96. The van der Waals surface area contributed by atoms with Crippen molar-refractivity contribution in [1.29, 1.82) is 0 Å². The molecule has 0 saturated carbocycles. The molecule has 0 aliphatic carbocycles. The van der Waals surface area contributed by atoms with Crippen molar-refractivity contribution >= 4 is 11.8 Å². The molecule has 8 heteroatoms. The fraction of sp³-hybridized carbons (Fsp3) is 0.200. The number of carbonyl (C=O) groups excluding carboxylic acids is 1. The number of hydrogen-bond acceptors (Lipinski definition) is 3. The first kappa shape index (κ1) is 16.8. The molecule has 0 unspecified atom stereocenters. The van der Waals surface area contributed by atoms with Gasteiger partial charge in [-0.15, -0.1) is 0 Å². The minimum atomic E-state index is -4.49. The van der Waals surface area contributed by atoms with Crippen LogP contribution in [-0.4, -0.2) is 22.7 Å². The maximum absolute atomic E-state index is 12.6. The molecule has 2 rings (SSSR count). The summed E-state index contributed by atoms with van der Waals surface area (Å²) in [6, 6.07) is 8.65. The Hall–Kier alpha value is -2.61. The number of halogens is 3. The summed E-state index contributed by atoms with van der Waals surface area (Å²) in [7, 11) is 0. The Kier molecular flexibility index (Phi) is 5.17. The van der Waals surface area contributed by atoms with Crippen LogP contribution in [-0.2, 0) is 6.18 Å². The summed E-state index contributed by atoms with van der Waals surface area (Å²) in [6.45, 7) is -0.236.